The van der Waals surface area contributed by atoms with Gasteiger partial charge in [0.1, 0.15) is 5.69 Å². The maximum Gasteiger partial charge on any atom is 0.290 e. The van der Waals surface area contributed by atoms with E-state index in [1.165, 1.54) is 4.90 Å². The van der Waals surface area contributed by atoms with Crippen molar-refractivity contribution in [3.05, 3.63) is 36.0 Å². The van der Waals surface area contributed by atoms with Crippen molar-refractivity contribution in [2.75, 3.05) is 32.8 Å². The molecule has 2 amide bonds. The molecule has 1 saturated heterocycles. The van der Waals surface area contributed by atoms with Gasteiger partial charge in [0.25, 0.3) is 11.8 Å². The lowest BCUT2D eigenvalue weighted by Crippen LogP contribution is -2.52. The van der Waals surface area contributed by atoms with Gasteiger partial charge in [-0.1, -0.05) is 24.6 Å². The smallest absolute Gasteiger partial charge is 0.290 e. The summed E-state index contributed by atoms with van der Waals surface area (Å²) in [6.07, 6.45) is 2.22. The molecule has 1 aromatic carbocycles. The molecule has 0 bridgehead atoms. The van der Waals surface area contributed by atoms with E-state index in [9.17, 15) is 14.4 Å². The highest BCUT2D eigenvalue weighted by Gasteiger charge is 2.28. The number of Topliss-reactive ketones (excluding diaryl/α,β-unsaturated/α-hetero) is 1. The molecule has 1 aliphatic rings. The third-order valence-corrected chi connectivity index (χ3v) is 4.91. The molecule has 0 saturated carbocycles. The zero-order valence-corrected chi connectivity index (χ0v) is 15.3. The van der Waals surface area contributed by atoms with Crippen molar-refractivity contribution in [3.63, 3.8) is 0 Å². The number of aromatic nitrogens is 1. The van der Waals surface area contributed by atoms with Crippen molar-refractivity contribution in [2.24, 2.45) is 0 Å². The highest BCUT2D eigenvalue weighted by molar-refractivity contribution is 6.36. The van der Waals surface area contributed by atoms with E-state index in [1.54, 1.807) is 4.90 Å². The molecular formula is C20H25N3O4. The molecule has 0 radical (unpaired) electrons. The van der Waals surface area contributed by atoms with Crippen LogP contribution in [0.1, 0.15) is 36.2 Å². The predicted octanol–water partition coefficient (Wildman–Crippen LogP) is 1.57. The molecule has 0 unspecified atom stereocenters. The number of rotatable bonds is 7. The zero-order chi connectivity index (χ0) is 19.2. The fourth-order valence-corrected chi connectivity index (χ4v) is 3.33. The molecule has 2 heterocycles. The second-order valence-electron chi connectivity index (χ2n) is 6.81. The number of unbranched alkanes of at least 4 members (excludes halogenated alkanes) is 2. The molecule has 0 aliphatic carbocycles. The van der Waals surface area contributed by atoms with Crippen LogP contribution >= 0.6 is 0 Å². The Bertz CT molecular complexity index is 788. The first-order valence-electron chi connectivity index (χ1n) is 9.40. The maximum absolute atomic E-state index is 12.7. The van der Waals surface area contributed by atoms with Crippen LogP contribution < -0.4 is 0 Å². The van der Waals surface area contributed by atoms with E-state index in [4.69, 9.17) is 5.11 Å². The van der Waals surface area contributed by atoms with E-state index in [1.807, 2.05) is 30.3 Å². The van der Waals surface area contributed by atoms with Crippen molar-refractivity contribution in [1.29, 1.82) is 0 Å². The molecule has 1 fully saturated rings. The number of aliphatic hydroxyl groups is 1. The van der Waals surface area contributed by atoms with Gasteiger partial charge in [-0.3, -0.25) is 14.4 Å². The Kier molecular flexibility index (Phi) is 6.24. The van der Waals surface area contributed by atoms with Gasteiger partial charge in [-0.2, -0.15) is 0 Å². The predicted molar refractivity (Wildman–Crippen MR) is 101 cm³/mol. The first-order chi connectivity index (χ1) is 13.1. The van der Waals surface area contributed by atoms with E-state index in [2.05, 4.69) is 4.98 Å². The van der Waals surface area contributed by atoms with Crippen molar-refractivity contribution in [2.45, 2.75) is 25.7 Å². The topological polar surface area (TPSA) is 93.7 Å². The fraction of sp³-hybridized carbons (Fsp3) is 0.450. The van der Waals surface area contributed by atoms with Crippen LogP contribution in [-0.2, 0) is 9.59 Å². The van der Waals surface area contributed by atoms with Gasteiger partial charge in [0.15, 0.2) is 0 Å². The van der Waals surface area contributed by atoms with Crippen LogP contribution in [0.15, 0.2) is 30.3 Å². The number of carbonyl (C=O) groups excluding carboxylic acids is 3. The van der Waals surface area contributed by atoms with Crippen molar-refractivity contribution in [1.82, 2.24) is 14.8 Å². The van der Waals surface area contributed by atoms with E-state index >= 15 is 0 Å². The summed E-state index contributed by atoms with van der Waals surface area (Å²) < 4.78 is 0. The van der Waals surface area contributed by atoms with Crippen LogP contribution in [0.4, 0.5) is 0 Å². The van der Waals surface area contributed by atoms with Gasteiger partial charge in [-0.25, -0.2) is 0 Å². The number of hydrogen-bond acceptors (Lipinski definition) is 4. The fourth-order valence-electron chi connectivity index (χ4n) is 3.33. The van der Waals surface area contributed by atoms with Crippen molar-refractivity contribution >= 4 is 28.5 Å². The minimum Gasteiger partial charge on any atom is -0.396 e. The summed E-state index contributed by atoms with van der Waals surface area (Å²) in [5, 5.41) is 9.73. The lowest BCUT2D eigenvalue weighted by atomic mass is 10.1. The quantitative estimate of drug-likeness (QED) is 0.571. The van der Waals surface area contributed by atoms with Crippen LogP contribution in [0, 0.1) is 0 Å². The number of nitrogens with zero attached hydrogens (tertiary/aromatic N) is 2. The van der Waals surface area contributed by atoms with E-state index in [-0.39, 0.29) is 24.7 Å². The van der Waals surface area contributed by atoms with Gasteiger partial charge < -0.3 is 19.9 Å². The number of ketones is 1. The monoisotopic (exact) mass is 371 g/mol. The largest absolute Gasteiger partial charge is 0.396 e. The molecule has 3 rings (SSSR count). The van der Waals surface area contributed by atoms with Crippen LogP contribution in [0.2, 0.25) is 0 Å². The van der Waals surface area contributed by atoms with E-state index in [0.717, 1.165) is 17.3 Å². The molecule has 1 aliphatic heterocycles. The summed E-state index contributed by atoms with van der Waals surface area (Å²) in [4.78, 5) is 43.3. The Morgan fingerprint density at radius 3 is 2.37 bits per heavy atom. The van der Waals surface area contributed by atoms with Gasteiger partial charge >= 0.3 is 0 Å². The molecule has 0 spiro atoms. The normalized spacial score (nSPS) is 14.6. The number of carbonyl (C=O) groups is 3. The maximum atomic E-state index is 12.7. The Hall–Kier alpha value is -2.67. The number of benzene rings is 1. The van der Waals surface area contributed by atoms with Gasteiger partial charge in [-0.15, -0.1) is 0 Å². The second kappa shape index (κ2) is 8.81. The van der Waals surface area contributed by atoms with Gasteiger partial charge in [0.05, 0.1) is 0 Å². The Balaban J connectivity index is 1.51. The summed E-state index contributed by atoms with van der Waals surface area (Å²) in [5.41, 5.74) is 1.46. The number of piperazine rings is 1. The first kappa shape index (κ1) is 19.1. The minimum atomic E-state index is -0.461. The van der Waals surface area contributed by atoms with E-state index < -0.39 is 5.91 Å². The summed E-state index contributed by atoms with van der Waals surface area (Å²) >= 11 is 0. The molecule has 0 atom stereocenters. The number of para-hydroxylation sites is 1. The Labute approximate surface area is 157 Å². The number of aromatic amines is 1. The van der Waals surface area contributed by atoms with Gasteiger partial charge in [0, 0.05) is 50.1 Å². The van der Waals surface area contributed by atoms with Gasteiger partial charge in [0.2, 0.25) is 5.78 Å². The standard InChI is InChI=1S/C20H25N3O4/c24-13-5-1-2-8-18(25)20(27)23-11-9-22(10-12-23)19(26)17-14-15-6-3-4-7-16(15)21-17/h3-4,6-7,14,21,24H,1-2,5,8-13H2. The lowest BCUT2D eigenvalue weighted by molar-refractivity contribution is -0.145. The molecule has 1 aromatic heterocycles. The van der Waals surface area contributed by atoms with Crippen LogP contribution in [0.5, 0.6) is 0 Å². The molecular weight excluding hydrogens is 346 g/mol. The Morgan fingerprint density at radius 1 is 0.963 bits per heavy atom. The number of hydrogen-bond donors (Lipinski definition) is 2. The second-order valence-corrected chi connectivity index (χ2v) is 6.81. The Morgan fingerprint density at radius 2 is 1.67 bits per heavy atom. The summed E-state index contributed by atoms with van der Waals surface area (Å²) in [5.74, 6) is -0.936. The third kappa shape index (κ3) is 4.54. The van der Waals surface area contributed by atoms with Gasteiger partial charge in [-0.05, 0) is 25.0 Å². The average Bonchev–Trinajstić information content (AvgIpc) is 3.14. The summed E-state index contributed by atoms with van der Waals surface area (Å²) in [6.45, 7) is 1.67. The zero-order valence-electron chi connectivity index (χ0n) is 15.3. The third-order valence-electron chi connectivity index (χ3n) is 4.91. The minimum absolute atomic E-state index is 0.0892. The number of fused-ring (bicyclic) bond motifs is 1. The number of aliphatic hydroxyl groups excluding tert-OH is 1. The first-order valence-corrected chi connectivity index (χ1v) is 9.40. The molecule has 144 valence electrons. The number of H-pyrrole nitrogens is 1. The number of nitrogens with one attached hydrogen (secondary N) is 1. The van der Waals surface area contributed by atoms with Crippen LogP contribution in [0.3, 0.4) is 0 Å². The lowest BCUT2D eigenvalue weighted by Gasteiger charge is -2.34. The molecule has 2 N–H and O–H groups in total. The molecule has 7 heteroatoms. The summed E-state index contributed by atoms with van der Waals surface area (Å²) in [6, 6.07) is 9.55. The van der Waals surface area contributed by atoms with Crippen LogP contribution in [-0.4, -0.2) is 70.3 Å². The molecule has 7 nitrogen and oxygen atoms in total. The average molecular weight is 371 g/mol. The number of amides is 2. The highest BCUT2D eigenvalue weighted by atomic mass is 16.3. The SMILES string of the molecule is O=C(CCCCCO)C(=O)N1CCN(C(=O)c2cc3ccccc3[nH]2)CC1. The summed E-state index contributed by atoms with van der Waals surface area (Å²) in [7, 11) is 0. The molecule has 27 heavy (non-hydrogen) atoms. The highest BCUT2D eigenvalue weighted by Crippen LogP contribution is 2.17. The van der Waals surface area contributed by atoms with Crippen LogP contribution in [0.25, 0.3) is 10.9 Å². The van der Waals surface area contributed by atoms with Crippen molar-refractivity contribution in [3.8, 4) is 0 Å². The molecule has 2 aromatic rings. The van der Waals surface area contributed by atoms with Crippen molar-refractivity contribution < 1.29 is 19.5 Å². The van der Waals surface area contributed by atoms with E-state index in [0.29, 0.717) is 44.7 Å².